The Kier molecular flexibility index (Phi) is 12.8. The van der Waals surface area contributed by atoms with Crippen LogP contribution in [0.3, 0.4) is 0 Å². The van der Waals surface area contributed by atoms with Crippen LogP contribution in [0.25, 0.3) is 0 Å². The van der Waals surface area contributed by atoms with E-state index in [9.17, 15) is 0 Å². The standard InChI is InChI=1S/2C15H27BrN2O2Si/c1-15(2,3)21(4,5)20-11-13-12(16)10-18(17-13)14-8-6-7-9-19-14;1-15(2,3)21(4,5)20-11-13-12(16)10-17-18(13)14-8-6-7-9-19-14/h2*10,14H,6-9,11H2,1-5H3. The van der Waals surface area contributed by atoms with Gasteiger partial charge in [0.05, 0.1) is 34.0 Å². The molecule has 0 N–H and O–H groups in total. The third-order valence-electron chi connectivity index (χ3n) is 9.24. The Balaban J connectivity index is 0.000000230. The molecule has 4 heterocycles. The van der Waals surface area contributed by atoms with Gasteiger partial charge in [0.25, 0.3) is 0 Å². The lowest BCUT2D eigenvalue weighted by Crippen LogP contribution is -2.40. The minimum Gasteiger partial charge on any atom is -0.411 e. The fourth-order valence-electron chi connectivity index (χ4n) is 4.18. The lowest BCUT2D eigenvalue weighted by molar-refractivity contribution is -0.0425. The zero-order chi connectivity index (χ0) is 31.3. The van der Waals surface area contributed by atoms with Gasteiger partial charge < -0.3 is 18.3 Å². The number of hydrogen-bond donors (Lipinski definition) is 0. The van der Waals surface area contributed by atoms with Crippen molar-refractivity contribution in [3.05, 3.63) is 32.7 Å². The van der Waals surface area contributed by atoms with Gasteiger partial charge in [0, 0.05) is 19.4 Å². The minimum atomic E-state index is -1.76. The molecule has 0 aliphatic carbocycles. The predicted octanol–water partition coefficient (Wildman–Crippen LogP) is 9.73. The zero-order valence-corrected chi connectivity index (χ0v) is 32.7. The van der Waals surface area contributed by atoms with Crippen LogP contribution >= 0.6 is 31.9 Å². The Bertz CT molecular complexity index is 1130. The van der Waals surface area contributed by atoms with E-state index in [2.05, 4.69) is 110 Å². The van der Waals surface area contributed by atoms with Crippen LogP contribution in [0, 0.1) is 0 Å². The van der Waals surface area contributed by atoms with Crippen LogP contribution in [0.2, 0.25) is 36.3 Å². The van der Waals surface area contributed by atoms with Crippen molar-refractivity contribution < 1.29 is 18.3 Å². The molecule has 2 atom stereocenters. The first-order valence-corrected chi connectivity index (χ1v) is 22.8. The Morgan fingerprint density at radius 2 is 1.33 bits per heavy atom. The van der Waals surface area contributed by atoms with E-state index in [1.807, 2.05) is 21.8 Å². The molecule has 0 saturated carbocycles. The highest BCUT2D eigenvalue weighted by Crippen LogP contribution is 2.39. The normalized spacial score (nSPS) is 20.8. The molecule has 2 saturated heterocycles. The third-order valence-corrected chi connectivity index (χ3v) is 19.5. The summed E-state index contributed by atoms with van der Waals surface area (Å²) in [5, 5.41) is 9.57. The van der Waals surface area contributed by atoms with E-state index in [0.29, 0.717) is 13.2 Å². The molecule has 8 nitrogen and oxygen atoms in total. The lowest BCUT2D eigenvalue weighted by Gasteiger charge is -2.36. The molecule has 2 aliphatic rings. The van der Waals surface area contributed by atoms with Crippen LogP contribution in [-0.2, 0) is 31.5 Å². The molecule has 240 valence electrons. The third kappa shape index (κ3) is 9.58. The van der Waals surface area contributed by atoms with Gasteiger partial charge in [0.1, 0.15) is 11.9 Å². The van der Waals surface area contributed by atoms with Gasteiger partial charge in [-0.25, -0.2) is 9.36 Å². The highest BCUT2D eigenvalue weighted by molar-refractivity contribution is 9.10. The first-order chi connectivity index (χ1) is 19.4. The maximum Gasteiger partial charge on any atom is 0.192 e. The number of halogens is 2. The summed E-state index contributed by atoms with van der Waals surface area (Å²) in [6.07, 6.45) is 10.8. The second-order valence-corrected chi connectivity index (χ2v) is 25.9. The molecule has 12 heteroatoms. The average molecular weight is 751 g/mol. The summed E-state index contributed by atoms with van der Waals surface area (Å²) >= 11 is 7.20. The maximum absolute atomic E-state index is 6.34. The van der Waals surface area contributed by atoms with Crippen LogP contribution in [0.5, 0.6) is 0 Å². The zero-order valence-electron chi connectivity index (χ0n) is 27.6. The summed E-state index contributed by atoms with van der Waals surface area (Å²) in [4.78, 5) is 0. The molecule has 0 spiro atoms. The molecule has 2 fully saturated rings. The summed E-state index contributed by atoms with van der Waals surface area (Å²) in [6, 6.07) is 0. The van der Waals surface area contributed by atoms with Crippen LogP contribution in [0.15, 0.2) is 21.3 Å². The number of rotatable bonds is 8. The van der Waals surface area contributed by atoms with Crippen molar-refractivity contribution >= 4 is 48.5 Å². The molecule has 2 aromatic rings. The molecule has 4 rings (SSSR count). The van der Waals surface area contributed by atoms with Crippen LogP contribution in [0.1, 0.15) is 104 Å². The van der Waals surface area contributed by atoms with Crippen molar-refractivity contribution in [2.45, 2.75) is 142 Å². The van der Waals surface area contributed by atoms with Gasteiger partial charge in [-0.2, -0.15) is 10.2 Å². The molecule has 2 unspecified atom stereocenters. The molecule has 42 heavy (non-hydrogen) atoms. The molecular formula is C30H54Br2N4O4Si2. The van der Waals surface area contributed by atoms with Gasteiger partial charge in [-0.1, -0.05) is 41.5 Å². The van der Waals surface area contributed by atoms with Crippen molar-refractivity contribution in [3.8, 4) is 0 Å². The molecule has 0 aromatic carbocycles. The number of hydrogen-bond acceptors (Lipinski definition) is 6. The monoisotopic (exact) mass is 748 g/mol. The predicted molar refractivity (Wildman–Crippen MR) is 182 cm³/mol. The lowest BCUT2D eigenvalue weighted by atomic mass is 10.2. The first-order valence-electron chi connectivity index (χ1n) is 15.4. The second-order valence-electron chi connectivity index (χ2n) is 14.5. The molecule has 0 bridgehead atoms. The highest BCUT2D eigenvalue weighted by atomic mass is 79.9. The van der Waals surface area contributed by atoms with Gasteiger partial charge in [-0.3, -0.25) is 0 Å². The van der Waals surface area contributed by atoms with Crippen LogP contribution in [-0.4, -0.2) is 49.4 Å². The Hall–Kier alpha value is -0.346. The van der Waals surface area contributed by atoms with Crippen LogP contribution in [0.4, 0.5) is 0 Å². The summed E-state index contributed by atoms with van der Waals surface area (Å²) in [5.41, 5.74) is 2.06. The number of nitrogens with zero attached hydrogens (tertiary/aromatic N) is 4. The van der Waals surface area contributed by atoms with E-state index in [1.165, 1.54) is 12.8 Å². The van der Waals surface area contributed by atoms with Crippen molar-refractivity contribution in [1.29, 1.82) is 0 Å². The van der Waals surface area contributed by atoms with Crippen molar-refractivity contribution in [2.75, 3.05) is 13.2 Å². The van der Waals surface area contributed by atoms with E-state index in [4.69, 9.17) is 18.3 Å². The maximum atomic E-state index is 6.34. The Morgan fingerprint density at radius 3 is 1.83 bits per heavy atom. The number of ether oxygens (including phenoxy) is 2. The quantitative estimate of drug-likeness (QED) is 0.250. The smallest absolute Gasteiger partial charge is 0.192 e. The van der Waals surface area contributed by atoms with Gasteiger partial charge in [0.2, 0.25) is 0 Å². The summed E-state index contributed by atoms with van der Waals surface area (Å²) < 4.78 is 30.2. The largest absolute Gasteiger partial charge is 0.411 e. The van der Waals surface area contributed by atoms with Crippen molar-refractivity contribution in [1.82, 2.24) is 19.6 Å². The molecular weight excluding hydrogens is 696 g/mol. The average Bonchev–Trinajstić information content (AvgIpc) is 3.48. The second kappa shape index (κ2) is 14.8. The van der Waals surface area contributed by atoms with E-state index in [0.717, 1.165) is 59.2 Å². The summed E-state index contributed by atoms with van der Waals surface area (Å²) in [7, 11) is -3.50. The summed E-state index contributed by atoms with van der Waals surface area (Å²) in [6.45, 7) is 25.4. The van der Waals surface area contributed by atoms with Gasteiger partial charge in [-0.05, 0) is 107 Å². The fourth-order valence-corrected chi connectivity index (χ4v) is 6.83. The summed E-state index contributed by atoms with van der Waals surface area (Å²) in [5.74, 6) is 0. The van der Waals surface area contributed by atoms with E-state index < -0.39 is 16.6 Å². The van der Waals surface area contributed by atoms with Crippen LogP contribution < -0.4 is 0 Å². The SMILES string of the molecule is CC(C)(C)[Si](C)(C)OCc1c(Br)cnn1C1CCCCO1.CC(C)(C)[Si](C)(C)OCc1nn(C2CCCCO2)cc1Br. The molecule has 0 amide bonds. The van der Waals surface area contributed by atoms with Crippen molar-refractivity contribution in [2.24, 2.45) is 0 Å². The first kappa shape index (κ1) is 36.1. The number of aromatic nitrogens is 4. The fraction of sp³-hybridized carbons (Fsp3) is 0.800. The Labute approximate surface area is 273 Å². The van der Waals surface area contributed by atoms with Gasteiger partial charge >= 0.3 is 0 Å². The van der Waals surface area contributed by atoms with E-state index in [-0.39, 0.29) is 22.5 Å². The highest BCUT2D eigenvalue weighted by Gasteiger charge is 2.38. The van der Waals surface area contributed by atoms with E-state index in [1.54, 1.807) is 0 Å². The Morgan fingerprint density at radius 1 is 0.810 bits per heavy atom. The van der Waals surface area contributed by atoms with E-state index >= 15 is 0 Å². The molecule has 2 aromatic heterocycles. The van der Waals surface area contributed by atoms with Gasteiger partial charge in [0.15, 0.2) is 22.9 Å². The molecule has 2 aliphatic heterocycles. The molecule has 0 radical (unpaired) electrons. The van der Waals surface area contributed by atoms with Crippen molar-refractivity contribution in [3.63, 3.8) is 0 Å². The topological polar surface area (TPSA) is 72.6 Å². The minimum absolute atomic E-state index is 0.0584. The van der Waals surface area contributed by atoms with Gasteiger partial charge in [-0.15, -0.1) is 0 Å².